The van der Waals surface area contributed by atoms with Crippen LogP contribution in [0.4, 0.5) is 15.8 Å². The molecule has 1 aromatic heterocycles. The first-order chi connectivity index (χ1) is 10.1. The molecule has 0 spiro atoms. The van der Waals surface area contributed by atoms with Gasteiger partial charge in [-0.3, -0.25) is 0 Å². The Morgan fingerprint density at radius 1 is 1.33 bits per heavy atom. The van der Waals surface area contributed by atoms with Gasteiger partial charge in [-0.15, -0.1) is 11.3 Å². The predicted molar refractivity (Wildman–Crippen MR) is 86.7 cm³/mol. The van der Waals surface area contributed by atoms with E-state index in [0.717, 1.165) is 43.0 Å². The minimum atomic E-state index is -0.143. The Morgan fingerprint density at radius 2 is 2.10 bits per heavy atom. The first kappa shape index (κ1) is 14.3. The third-order valence-electron chi connectivity index (χ3n) is 3.95. The van der Waals surface area contributed by atoms with Gasteiger partial charge in [0.25, 0.3) is 0 Å². The Morgan fingerprint density at radius 3 is 2.71 bits per heavy atom. The molecule has 112 valence electrons. The third kappa shape index (κ3) is 3.02. The fourth-order valence-corrected chi connectivity index (χ4v) is 3.66. The molecule has 3 nitrogen and oxygen atoms in total. The minimum absolute atomic E-state index is 0.134. The van der Waals surface area contributed by atoms with Crippen LogP contribution >= 0.6 is 11.3 Å². The Bertz CT molecular complexity index is 620. The number of benzene rings is 1. The van der Waals surface area contributed by atoms with Gasteiger partial charge in [0.1, 0.15) is 5.82 Å². The number of nitrogens with one attached hydrogen (secondary N) is 1. The standard InChI is InChI=1S/C16H20FN3S/c1-11-16(21-10-18-11)12(2)19-13-5-6-15(14(17)9-13)20-7-3-4-8-20/h5-6,9-10,12,19H,3-4,7-8H2,1-2H3. The van der Waals surface area contributed by atoms with E-state index in [1.807, 2.05) is 24.6 Å². The second kappa shape index (κ2) is 6.02. The molecule has 2 heterocycles. The zero-order valence-electron chi connectivity index (χ0n) is 12.4. The van der Waals surface area contributed by atoms with Crippen molar-refractivity contribution in [1.82, 2.24) is 4.98 Å². The first-order valence-electron chi connectivity index (χ1n) is 7.36. The van der Waals surface area contributed by atoms with E-state index in [-0.39, 0.29) is 11.9 Å². The lowest BCUT2D eigenvalue weighted by molar-refractivity contribution is 0.623. The normalized spacial score (nSPS) is 16.2. The number of halogens is 1. The van der Waals surface area contributed by atoms with E-state index in [2.05, 4.69) is 22.1 Å². The van der Waals surface area contributed by atoms with E-state index in [1.54, 1.807) is 17.4 Å². The number of aromatic nitrogens is 1. The Kier molecular flexibility index (Phi) is 4.10. The highest BCUT2D eigenvalue weighted by Crippen LogP contribution is 2.29. The molecule has 0 bridgehead atoms. The van der Waals surface area contributed by atoms with Gasteiger partial charge in [0.15, 0.2) is 0 Å². The number of hydrogen-bond acceptors (Lipinski definition) is 4. The quantitative estimate of drug-likeness (QED) is 0.909. The molecule has 1 unspecified atom stereocenters. The monoisotopic (exact) mass is 305 g/mol. The van der Waals surface area contributed by atoms with Crippen molar-refractivity contribution in [3.8, 4) is 0 Å². The predicted octanol–water partition coefficient (Wildman–Crippen LogP) is 4.36. The minimum Gasteiger partial charge on any atom is -0.378 e. The molecule has 0 saturated carbocycles. The number of anilines is 2. The van der Waals surface area contributed by atoms with Crippen molar-refractivity contribution in [2.45, 2.75) is 32.7 Å². The van der Waals surface area contributed by atoms with Crippen molar-refractivity contribution in [2.75, 3.05) is 23.3 Å². The van der Waals surface area contributed by atoms with Crippen molar-refractivity contribution in [3.63, 3.8) is 0 Å². The number of hydrogen-bond donors (Lipinski definition) is 1. The average molecular weight is 305 g/mol. The molecular formula is C16H20FN3S. The number of nitrogens with zero attached hydrogens (tertiary/aromatic N) is 2. The number of rotatable bonds is 4. The lowest BCUT2D eigenvalue weighted by Crippen LogP contribution is -2.19. The molecule has 1 fully saturated rings. The first-order valence-corrected chi connectivity index (χ1v) is 8.24. The van der Waals surface area contributed by atoms with Crippen LogP contribution < -0.4 is 10.2 Å². The second-order valence-electron chi connectivity index (χ2n) is 5.53. The van der Waals surface area contributed by atoms with Crippen molar-refractivity contribution in [3.05, 3.63) is 40.1 Å². The highest BCUT2D eigenvalue weighted by atomic mass is 32.1. The zero-order valence-corrected chi connectivity index (χ0v) is 13.2. The van der Waals surface area contributed by atoms with Gasteiger partial charge in [0.2, 0.25) is 0 Å². The molecule has 5 heteroatoms. The second-order valence-corrected chi connectivity index (χ2v) is 6.41. The van der Waals surface area contributed by atoms with Crippen LogP contribution in [0, 0.1) is 12.7 Å². The molecule has 2 aromatic rings. The van der Waals surface area contributed by atoms with E-state index in [4.69, 9.17) is 0 Å². The topological polar surface area (TPSA) is 28.2 Å². The van der Waals surface area contributed by atoms with E-state index in [1.165, 1.54) is 4.88 Å². The van der Waals surface area contributed by atoms with Gasteiger partial charge in [0, 0.05) is 23.7 Å². The molecule has 1 N–H and O–H groups in total. The van der Waals surface area contributed by atoms with Crippen LogP contribution in [0.25, 0.3) is 0 Å². The summed E-state index contributed by atoms with van der Waals surface area (Å²) in [5, 5.41) is 3.36. The molecule has 21 heavy (non-hydrogen) atoms. The Balaban J connectivity index is 1.74. The lowest BCUT2D eigenvalue weighted by atomic mass is 10.2. The summed E-state index contributed by atoms with van der Waals surface area (Å²) in [4.78, 5) is 7.58. The van der Waals surface area contributed by atoms with Gasteiger partial charge >= 0.3 is 0 Å². The summed E-state index contributed by atoms with van der Waals surface area (Å²) in [6.45, 7) is 5.99. The SMILES string of the molecule is Cc1ncsc1C(C)Nc1ccc(N2CCCC2)c(F)c1. The summed E-state index contributed by atoms with van der Waals surface area (Å²) in [5.74, 6) is -0.143. The molecule has 0 aliphatic carbocycles. The average Bonchev–Trinajstić information content (AvgIpc) is 3.10. The van der Waals surface area contributed by atoms with Crippen LogP contribution in [-0.4, -0.2) is 18.1 Å². The summed E-state index contributed by atoms with van der Waals surface area (Å²) in [5.41, 5.74) is 4.42. The van der Waals surface area contributed by atoms with Gasteiger partial charge in [-0.1, -0.05) is 0 Å². The van der Waals surface area contributed by atoms with Crippen LogP contribution in [0.1, 0.15) is 36.4 Å². The highest BCUT2D eigenvalue weighted by molar-refractivity contribution is 7.09. The van der Waals surface area contributed by atoms with E-state index < -0.39 is 0 Å². The maximum absolute atomic E-state index is 14.3. The van der Waals surface area contributed by atoms with E-state index in [9.17, 15) is 4.39 Å². The number of thiazole rings is 1. The molecular weight excluding hydrogens is 285 g/mol. The van der Waals surface area contributed by atoms with E-state index >= 15 is 0 Å². The van der Waals surface area contributed by atoms with Gasteiger partial charge in [-0.25, -0.2) is 9.37 Å². The molecule has 0 amide bonds. The molecule has 1 aliphatic heterocycles. The van der Waals surface area contributed by atoms with Crippen LogP contribution in [0.3, 0.4) is 0 Å². The summed E-state index contributed by atoms with van der Waals surface area (Å²) >= 11 is 1.63. The van der Waals surface area contributed by atoms with Crippen LogP contribution in [0.15, 0.2) is 23.7 Å². The van der Waals surface area contributed by atoms with Crippen LogP contribution in [-0.2, 0) is 0 Å². The molecule has 1 saturated heterocycles. The molecule has 1 atom stereocenters. The van der Waals surface area contributed by atoms with Gasteiger partial charge in [-0.05, 0) is 44.9 Å². The van der Waals surface area contributed by atoms with Crippen molar-refractivity contribution < 1.29 is 4.39 Å². The molecule has 0 radical (unpaired) electrons. The maximum Gasteiger partial charge on any atom is 0.148 e. The summed E-state index contributed by atoms with van der Waals surface area (Å²) in [6.07, 6.45) is 2.31. The summed E-state index contributed by atoms with van der Waals surface area (Å²) in [7, 11) is 0. The maximum atomic E-state index is 14.3. The summed E-state index contributed by atoms with van der Waals surface area (Å²) < 4.78 is 14.3. The van der Waals surface area contributed by atoms with Gasteiger partial charge < -0.3 is 10.2 Å². The van der Waals surface area contributed by atoms with E-state index in [0.29, 0.717) is 0 Å². The largest absolute Gasteiger partial charge is 0.378 e. The highest BCUT2D eigenvalue weighted by Gasteiger charge is 2.17. The van der Waals surface area contributed by atoms with Crippen molar-refractivity contribution in [1.29, 1.82) is 0 Å². The fraction of sp³-hybridized carbons (Fsp3) is 0.438. The smallest absolute Gasteiger partial charge is 0.148 e. The van der Waals surface area contributed by atoms with Crippen molar-refractivity contribution in [2.24, 2.45) is 0 Å². The molecule has 3 rings (SSSR count). The molecule has 1 aliphatic rings. The third-order valence-corrected chi connectivity index (χ3v) is 5.07. The lowest BCUT2D eigenvalue weighted by Gasteiger charge is -2.20. The van der Waals surface area contributed by atoms with Gasteiger partial charge in [-0.2, -0.15) is 0 Å². The van der Waals surface area contributed by atoms with Crippen LogP contribution in [0.2, 0.25) is 0 Å². The van der Waals surface area contributed by atoms with Gasteiger partial charge in [0.05, 0.1) is 22.9 Å². The summed E-state index contributed by atoms with van der Waals surface area (Å²) in [6, 6.07) is 5.58. The fourth-order valence-electron chi connectivity index (χ4n) is 2.85. The van der Waals surface area contributed by atoms with Crippen LogP contribution in [0.5, 0.6) is 0 Å². The van der Waals surface area contributed by atoms with Crippen molar-refractivity contribution >= 4 is 22.7 Å². The molecule has 1 aromatic carbocycles. The number of aryl methyl sites for hydroxylation is 1. The Labute approximate surface area is 128 Å². The zero-order chi connectivity index (χ0) is 14.8. The Hall–Kier alpha value is -1.62.